The van der Waals surface area contributed by atoms with Gasteiger partial charge in [-0.15, -0.1) is 11.3 Å². The molecular formula is C13H18N2O4S. The molecule has 3 N–H and O–H groups in total. The molecule has 0 saturated carbocycles. The first-order valence-corrected chi connectivity index (χ1v) is 7.29. The van der Waals surface area contributed by atoms with Gasteiger partial charge in [0.25, 0.3) is 0 Å². The van der Waals surface area contributed by atoms with Gasteiger partial charge in [-0.2, -0.15) is 0 Å². The summed E-state index contributed by atoms with van der Waals surface area (Å²) in [5, 5.41) is 23.6. The van der Waals surface area contributed by atoms with Gasteiger partial charge in [0.05, 0.1) is 24.7 Å². The molecule has 20 heavy (non-hydrogen) atoms. The Morgan fingerprint density at radius 2 is 2.10 bits per heavy atom. The predicted octanol–water partition coefficient (Wildman–Crippen LogP) is -0.121. The highest BCUT2D eigenvalue weighted by molar-refractivity contribution is 7.10. The van der Waals surface area contributed by atoms with E-state index in [0.717, 1.165) is 4.88 Å². The first-order valence-electron chi connectivity index (χ1n) is 6.41. The van der Waals surface area contributed by atoms with Crippen molar-refractivity contribution in [3.05, 3.63) is 22.4 Å². The molecule has 2 amide bonds. The maximum atomic E-state index is 12.2. The van der Waals surface area contributed by atoms with Crippen molar-refractivity contribution in [1.82, 2.24) is 10.2 Å². The SMILES string of the molecule is CC(=O)NC(CC(=O)N1C[C@@H](O)[C@@H](O)C1)c1cccs1. The first-order chi connectivity index (χ1) is 9.47. The number of rotatable bonds is 4. The highest BCUT2D eigenvalue weighted by Gasteiger charge is 2.33. The standard InChI is InChI=1S/C13H18N2O4S/c1-8(16)14-9(12-3-2-4-20-12)5-13(19)15-6-10(17)11(18)7-15/h2-4,9-11,17-18H,5-7H2,1H3,(H,14,16)/t9?,10-,11+. The van der Waals surface area contributed by atoms with Crippen molar-refractivity contribution in [1.29, 1.82) is 0 Å². The lowest BCUT2D eigenvalue weighted by molar-refractivity contribution is -0.131. The normalized spacial score (nSPS) is 23.6. The highest BCUT2D eigenvalue weighted by atomic mass is 32.1. The first kappa shape index (κ1) is 15.0. The molecule has 0 spiro atoms. The Labute approximate surface area is 121 Å². The summed E-state index contributed by atoms with van der Waals surface area (Å²) in [5.41, 5.74) is 0. The van der Waals surface area contributed by atoms with E-state index >= 15 is 0 Å². The summed E-state index contributed by atoms with van der Waals surface area (Å²) in [5.74, 6) is -0.384. The van der Waals surface area contributed by atoms with Gasteiger partial charge in [0.15, 0.2) is 0 Å². The van der Waals surface area contributed by atoms with Crippen LogP contribution in [0.1, 0.15) is 24.3 Å². The molecule has 6 nitrogen and oxygen atoms in total. The van der Waals surface area contributed by atoms with Crippen LogP contribution in [0.25, 0.3) is 0 Å². The highest BCUT2D eigenvalue weighted by Crippen LogP contribution is 2.24. The molecule has 0 bridgehead atoms. The monoisotopic (exact) mass is 298 g/mol. The van der Waals surface area contributed by atoms with Crippen LogP contribution < -0.4 is 5.32 Å². The van der Waals surface area contributed by atoms with Crippen LogP contribution in [0.4, 0.5) is 0 Å². The van der Waals surface area contributed by atoms with E-state index in [4.69, 9.17) is 0 Å². The zero-order valence-corrected chi connectivity index (χ0v) is 12.0. The number of amides is 2. The number of carbonyl (C=O) groups is 2. The molecule has 0 aliphatic carbocycles. The summed E-state index contributed by atoms with van der Waals surface area (Å²) in [4.78, 5) is 25.8. The van der Waals surface area contributed by atoms with Crippen LogP contribution in [0.15, 0.2) is 17.5 Å². The van der Waals surface area contributed by atoms with E-state index in [1.165, 1.54) is 23.2 Å². The van der Waals surface area contributed by atoms with Gasteiger partial charge < -0.3 is 20.4 Å². The third-order valence-corrected chi connectivity index (χ3v) is 4.24. The van der Waals surface area contributed by atoms with Crippen LogP contribution in [0.2, 0.25) is 0 Å². The number of carbonyl (C=O) groups excluding carboxylic acids is 2. The topological polar surface area (TPSA) is 89.9 Å². The van der Waals surface area contributed by atoms with Gasteiger partial charge in [0.1, 0.15) is 0 Å². The van der Waals surface area contributed by atoms with E-state index in [0.29, 0.717) is 0 Å². The maximum Gasteiger partial charge on any atom is 0.225 e. The maximum absolute atomic E-state index is 12.2. The van der Waals surface area contributed by atoms with Crippen LogP contribution in [0.5, 0.6) is 0 Å². The van der Waals surface area contributed by atoms with Gasteiger partial charge in [-0.05, 0) is 11.4 Å². The lowest BCUT2D eigenvalue weighted by Gasteiger charge is -2.20. The number of aliphatic hydroxyl groups is 2. The third-order valence-electron chi connectivity index (χ3n) is 3.25. The van der Waals surface area contributed by atoms with E-state index < -0.39 is 12.2 Å². The van der Waals surface area contributed by atoms with Gasteiger partial charge in [-0.1, -0.05) is 6.07 Å². The van der Waals surface area contributed by atoms with Crippen LogP contribution in [0.3, 0.4) is 0 Å². The molecule has 0 aromatic carbocycles. The number of β-amino-alcohol motifs (C(OH)–C–C–N with tert-alkyl or cyclic N) is 2. The van der Waals surface area contributed by atoms with Gasteiger partial charge in [0.2, 0.25) is 11.8 Å². The molecule has 110 valence electrons. The Morgan fingerprint density at radius 3 is 2.60 bits per heavy atom. The minimum absolute atomic E-state index is 0.125. The van der Waals surface area contributed by atoms with Gasteiger partial charge in [-0.25, -0.2) is 0 Å². The molecule has 1 aromatic rings. The number of hydrogen-bond donors (Lipinski definition) is 3. The van der Waals surface area contributed by atoms with Crippen molar-refractivity contribution >= 4 is 23.2 Å². The minimum atomic E-state index is -0.889. The summed E-state index contributed by atoms with van der Waals surface area (Å²) in [7, 11) is 0. The summed E-state index contributed by atoms with van der Waals surface area (Å²) in [6.07, 6.45) is -1.65. The molecule has 7 heteroatoms. The second-order valence-corrected chi connectivity index (χ2v) is 5.89. The smallest absolute Gasteiger partial charge is 0.225 e. The Morgan fingerprint density at radius 1 is 1.45 bits per heavy atom. The third kappa shape index (κ3) is 3.56. The Balaban J connectivity index is 2.01. The Hall–Kier alpha value is -1.44. The zero-order chi connectivity index (χ0) is 14.7. The average Bonchev–Trinajstić information content (AvgIpc) is 2.99. The minimum Gasteiger partial charge on any atom is -0.388 e. The van der Waals surface area contributed by atoms with E-state index in [1.54, 1.807) is 0 Å². The lowest BCUT2D eigenvalue weighted by Crippen LogP contribution is -2.35. The number of nitrogens with one attached hydrogen (secondary N) is 1. The second-order valence-electron chi connectivity index (χ2n) is 4.91. The Bertz CT molecular complexity index is 467. The van der Waals surface area contributed by atoms with Gasteiger partial charge in [-0.3, -0.25) is 9.59 Å². The fourth-order valence-corrected chi connectivity index (χ4v) is 3.01. The number of aliphatic hydroxyl groups excluding tert-OH is 2. The van der Waals surface area contributed by atoms with Crippen LogP contribution in [-0.4, -0.2) is 52.2 Å². The molecule has 3 atom stereocenters. The van der Waals surface area contributed by atoms with Crippen LogP contribution in [-0.2, 0) is 9.59 Å². The van der Waals surface area contributed by atoms with Crippen LogP contribution >= 0.6 is 11.3 Å². The van der Waals surface area contributed by atoms with Crippen molar-refractivity contribution in [3.8, 4) is 0 Å². The van der Waals surface area contributed by atoms with E-state index in [2.05, 4.69) is 5.32 Å². The van der Waals surface area contributed by atoms with Crippen LogP contribution in [0, 0.1) is 0 Å². The quantitative estimate of drug-likeness (QED) is 0.723. The number of nitrogens with zero attached hydrogens (tertiary/aromatic N) is 1. The molecule has 2 heterocycles. The fraction of sp³-hybridized carbons (Fsp3) is 0.538. The molecule has 1 saturated heterocycles. The van der Waals surface area contributed by atoms with E-state index in [-0.39, 0.29) is 37.4 Å². The summed E-state index contributed by atoms with van der Waals surface area (Å²) < 4.78 is 0. The predicted molar refractivity (Wildman–Crippen MR) is 74.1 cm³/mol. The molecule has 1 unspecified atom stereocenters. The zero-order valence-electron chi connectivity index (χ0n) is 11.2. The second kappa shape index (κ2) is 6.34. The number of hydrogen-bond acceptors (Lipinski definition) is 5. The molecule has 1 aliphatic heterocycles. The lowest BCUT2D eigenvalue weighted by atomic mass is 10.1. The molecule has 0 radical (unpaired) electrons. The average molecular weight is 298 g/mol. The van der Waals surface area contributed by atoms with Gasteiger partial charge >= 0.3 is 0 Å². The van der Waals surface area contributed by atoms with Crippen molar-refractivity contribution < 1.29 is 19.8 Å². The molecule has 1 fully saturated rings. The van der Waals surface area contributed by atoms with Crippen molar-refractivity contribution in [2.45, 2.75) is 31.6 Å². The van der Waals surface area contributed by atoms with Crippen molar-refractivity contribution in [2.75, 3.05) is 13.1 Å². The molecule has 1 aliphatic rings. The molecule has 2 rings (SSSR count). The van der Waals surface area contributed by atoms with Gasteiger partial charge in [0, 0.05) is 24.9 Å². The summed E-state index contributed by atoms with van der Waals surface area (Å²) in [6, 6.07) is 3.37. The summed E-state index contributed by atoms with van der Waals surface area (Å²) in [6.45, 7) is 1.68. The molecular weight excluding hydrogens is 280 g/mol. The fourth-order valence-electron chi connectivity index (χ4n) is 2.23. The summed E-state index contributed by atoms with van der Waals surface area (Å²) >= 11 is 1.47. The number of thiophene rings is 1. The van der Waals surface area contributed by atoms with Crippen molar-refractivity contribution in [3.63, 3.8) is 0 Å². The van der Waals surface area contributed by atoms with E-state index in [1.807, 2.05) is 17.5 Å². The van der Waals surface area contributed by atoms with Crippen molar-refractivity contribution in [2.24, 2.45) is 0 Å². The largest absolute Gasteiger partial charge is 0.388 e. The number of likely N-dealkylation sites (tertiary alicyclic amines) is 1. The van der Waals surface area contributed by atoms with E-state index in [9.17, 15) is 19.8 Å². The Kier molecular flexibility index (Phi) is 4.74. The molecule has 1 aromatic heterocycles.